The van der Waals surface area contributed by atoms with E-state index in [1.54, 1.807) is 0 Å². The number of carbonyl (C=O) groups excluding carboxylic acids is 1. The highest BCUT2D eigenvalue weighted by molar-refractivity contribution is 5.77. The number of aliphatic hydroxyl groups is 1. The summed E-state index contributed by atoms with van der Waals surface area (Å²) in [5.74, 6) is 0.0129. The van der Waals surface area contributed by atoms with Crippen LogP contribution in [-0.2, 0) is 9.53 Å². The van der Waals surface area contributed by atoms with Gasteiger partial charge in [0.05, 0.1) is 25.4 Å². The van der Waals surface area contributed by atoms with E-state index < -0.39 is 0 Å². The Morgan fingerprint density at radius 1 is 1.41 bits per heavy atom. The lowest BCUT2D eigenvalue weighted by Gasteiger charge is -2.29. The fraction of sp³-hybridized carbons (Fsp3) is 0.917. The lowest BCUT2D eigenvalue weighted by Crippen LogP contribution is -2.49. The van der Waals surface area contributed by atoms with Gasteiger partial charge in [-0.3, -0.25) is 4.79 Å². The van der Waals surface area contributed by atoms with Crippen LogP contribution in [0.3, 0.4) is 0 Å². The molecule has 3 N–H and O–H groups in total. The Morgan fingerprint density at radius 3 is 2.94 bits per heavy atom. The van der Waals surface area contributed by atoms with Crippen LogP contribution in [0.4, 0.5) is 0 Å². The molecular weight excluding hydrogens is 220 g/mol. The average molecular weight is 242 g/mol. The van der Waals surface area contributed by atoms with Gasteiger partial charge in [0, 0.05) is 19.0 Å². The molecule has 5 heteroatoms. The normalized spacial score (nSPS) is 34.3. The molecule has 1 aliphatic carbocycles. The largest absolute Gasteiger partial charge is 0.391 e. The Morgan fingerprint density at radius 2 is 2.24 bits per heavy atom. The van der Waals surface area contributed by atoms with E-state index in [4.69, 9.17) is 4.74 Å². The number of nitrogens with one attached hydrogen (secondary N) is 2. The standard InChI is InChI=1S/C12H22N2O3/c15-11-4-2-1-3-10(11)14-12(16)7-9-8-17-6-5-13-9/h9-11,13,15H,1-8H2,(H,14,16)/t9?,10-,11-/m0/s1. The third-order valence-corrected chi connectivity index (χ3v) is 3.51. The minimum Gasteiger partial charge on any atom is -0.391 e. The summed E-state index contributed by atoms with van der Waals surface area (Å²) >= 11 is 0. The number of ether oxygens (including phenoxy) is 1. The van der Waals surface area contributed by atoms with Crippen LogP contribution in [0, 0.1) is 0 Å². The Kier molecular flexibility index (Phi) is 4.76. The van der Waals surface area contributed by atoms with Crippen LogP contribution in [-0.4, -0.2) is 49.0 Å². The molecule has 5 nitrogen and oxygen atoms in total. The Hall–Kier alpha value is -0.650. The van der Waals surface area contributed by atoms with Gasteiger partial charge >= 0.3 is 0 Å². The molecule has 1 aliphatic heterocycles. The summed E-state index contributed by atoms with van der Waals surface area (Å²) in [6.07, 6.45) is 3.90. The predicted octanol–water partition coefficient (Wildman–Crippen LogP) is -0.215. The van der Waals surface area contributed by atoms with E-state index in [0.29, 0.717) is 13.0 Å². The molecule has 1 amide bonds. The van der Waals surface area contributed by atoms with Gasteiger partial charge in [-0.15, -0.1) is 0 Å². The summed E-state index contributed by atoms with van der Waals surface area (Å²) in [6, 6.07) is 0.0604. The summed E-state index contributed by atoms with van der Waals surface area (Å²) in [4.78, 5) is 11.8. The number of amides is 1. The fourth-order valence-electron chi connectivity index (χ4n) is 2.52. The van der Waals surface area contributed by atoms with Crippen LogP contribution >= 0.6 is 0 Å². The van der Waals surface area contributed by atoms with Crippen molar-refractivity contribution >= 4 is 5.91 Å². The Balaban J connectivity index is 1.72. The highest BCUT2D eigenvalue weighted by Crippen LogP contribution is 2.18. The Labute approximate surface area is 102 Å². The van der Waals surface area contributed by atoms with Crippen molar-refractivity contribution in [3.8, 4) is 0 Å². The summed E-state index contributed by atoms with van der Waals surface area (Å²) < 4.78 is 5.30. The fourth-order valence-corrected chi connectivity index (χ4v) is 2.52. The maximum atomic E-state index is 11.8. The monoisotopic (exact) mass is 242 g/mol. The van der Waals surface area contributed by atoms with Gasteiger partial charge in [-0.25, -0.2) is 0 Å². The number of rotatable bonds is 3. The van der Waals surface area contributed by atoms with Gasteiger partial charge < -0.3 is 20.5 Å². The molecule has 0 bridgehead atoms. The maximum absolute atomic E-state index is 11.8. The molecule has 1 unspecified atom stereocenters. The topological polar surface area (TPSA) is 70.6 Å². The quantitative estimate of drug-likeness (QED) is 0.640. The van der Waals surface area contributed by atoms with Gasteiger partial charge in [0.15, 0.2) is 0 Å². The number of morpholine rings is 1. The average Bonchev–Trinajstić information content (AvgIpc) is 2.33. The van der Waals surface area contributed by atoms with Crippen molar-refractivity contribution in [1.29, 1.82) is 0 Å². The SMILES string of the molecule is O=C(CC1COCCN1)N[C@H]1CCCC[C@@H]1O. The van der Waals surface area contributed by atoms with Crippen molar-refractivity contribution in [3.05, 3.63) is 0 Å². The smallest absolute Gasteiger partial charge is 0.221 e. The van der Waals surface area contributed by atoms with E-state index in [2.05, 4.69) is 10.6 Å². The van der Waals surface area contributed by atoms with Crippen molar-refractivity contribution in [1.82, 2.24) is 10.6 Å². The summed E-state index contributed by atoms with van der Waals surface area (Å²) in [5, 5.41) is 16.0. The molecule has 0 spiro atoms. The Bertz CT molecular complexity index is 254. The highest BCUT2D eigenvalue weighted by Gasteiger charge is 2.25. The molecule has 0 aromatic heterocycles. The number of carbonyl (C=O) groups is 1. The number of hydrogen-bond donors (Lipinski definition) is 3. The molecule has 2 aliphatic rings. The second-order valence-corrected chi connectivity index (χ2v) is 4.96. The van der Waals surface area contributed by atoms with Crippen LogP contribution in [0.1, 0.15) is 32.1 Å². The molecule has 2 fully saturated rings. The minimum atomic E-state index is -0.372. The highest BCUT2D eigenvalue weighted by atomic mass is 16.5. The summed E-state index contributed by atoms with van der Waals surface area (Å²) in [6.45, 7) is 2.13. The van der Waals surface area contributed by atoms with Crippen LogP contribution in [0.15, 0.2) is 0 Å². The van der Waals surface area contributed by atoms with Crippen molar-refractivity contribution in [2.24, 2.45) is 0 Å². The molecule has 1 saturated carbocycles. The molecule has 0 aromatic rings. The van der Waals surface area contributed by atoms with E-state index in [-0.39, 0.29) is 24.1 Å². The zero-order chi connectivity index (χ0) is 12.1. The van der Waals surface area contributed by atoms with Crippen molar-refractivity contribution in [2.75, 3.05) is 19.8 Å². The molecule has 0 aromatic carbocycles. The van der Waals surface area contributed by atoms with Gasteiger partial charge in [0.25, 0.3) is 0 Å². The number of hydrogen-bond acceptors (Lipinski definition) is 4. The zero-order valence-electron chi connectivity index (χ0n) is 10.2. The molecule has 98 valence electrons. The minimum absolute atomic E-state index is 0.0129. The summed E-state index contributed by atoms with van der Waals surface area (Å²) in [5.41, 5.74) is 0. The van der Waals surface area contributed by atoms with Crippen LogP contribution in [0.2, 0.25) is 0 Å². The van der Waals surface area contributed by atoms with Gasteiger partial charge in [-0.1, -0.05) is 12.8 Å². The predicted molar refractivity (Wildman–Crippen MR) is 63.6 cm³/mol. The van der Waals surface area contributed by atoms with Gasteiger partial charge in [-0.05, 0) is 12.8 Å². The molecule has 3 atom stereocenters. The van der Waals surface area contributed by atoms with Crippen LogP contribution in [0.25, 0.3) is 0 Å². The first kappa shape index (κ1) is 12.8. The molecular formula is C12H22N2O3. The molecule has 0 radical (unpaired) electrons. The molecule has 1 heterocycles. The van der Waals surface area contributed by atoms with Crippen molar-refractivity contribution in [2.45, 2.75) is 50.3 Å². The lowest BCUT2D eigenvalue weighted by molar-refractivity contribution is -0.124. The first-order chi connectivity index (χ1) is 8.25. The second-order valence-electron chi connectivity index (χ2n) is 4.96. The van der Waals surface area contributed by atoms with E-state index in [1.165, 1.54) is 0 Å². The lowest BCUT2D eigenvalue weighted by atomic mass is 9.92. The van der Waals surface area contributed by atoms with E-state index in [0.717, 1.165) is 38.8 Å². The zero-order valence-corrected chi connectivity index (χ0v) is 10.2. The molecule has 1 saturated heterocycles. The molecule has 17 heavy (non-hydrogen) atoms. The molecule has 2 rings (SSSR count). The maximum Gasteiger partial charge on any atom is 0.221 e. The third kappa shape index (κ3) is 3.94. The number of aliphatic hydroxyl groups excluding tert-OH is 1. The van der Waals surface area contributed by atoms with Crippen LogP contribution < -0.4 is 10.6 Å². The van der Waals surface area contributed by atoms with Crippen LogP contribution in [0.5, 0.6) is 0 Å². The van der Waals surface area contributed by atoms with Gasteiger partial charge in [0.2, 0.25) is 5.91 Å². The first-order valence-electron chi connectivity index (χ1n) is 6.54. The summed E-state index contributed by atoms with van der Waals surface area (Å²) in [7, 11) is 0. The van der Waals surface area contributed by atoms with Crippen molar-refractivity contribution in [3.63, 3.8) is 0 Å². The van der Waals surface area contributed by atoms with Gasteiger partial charge in [0.1, 0.15) is 0 Å². The van der Waals surface area contributed by atoms with E-state index in [9.17, 15) is 9.90 Å². The van der Waals surface area contributed by atoms with Gasteiger partial charge in [-0.2, -0.15) is 0 Å². The third-order valence-electron chi connectivity index (χ3n) is 3.51. The first-order valence-corrected chi connectivity index (χ1v) is 6.54. The second kappa shape index (κ2) is 6.33. The van der Waals surface area contributed by atoms with Crippen molar-refractivity contribution < 1.29 is 14.6 Å². The van der Waals surface area contributed by atoms with E-state index >= 15 is 0 Å². The van der Waals surface area contributed by atoms with E-state index in [1.807, 2.05) is 0 Å².